The van der Waals surface area contributed by atoms with Crippen LogP contribution in [0.2, 0.25) is 0 Å². The van der Waals surface area contributed by atoms with Gasteiger partial charge < -0.3 is 14.5 Å². The highest BCUT2D eigenvalue weighted by atomic mass is 16.5. The Morgan fingerprint density at radius 2 is 1.67 bits per heavy atom. The third kappa shape index (κ3) is 3.01. The lowest BCUT2D eigenvalue weighted by atomic mass is 9.68. The summed E-state index contributed by atoms with van der Waals surface area (Å²) in [7, 11) is 4.52. The predicted molar refractivity (Wildman–Crippen MR) is 135 cm³/mol. The number of carbonyl (C=O) groups is 3. The number of imide groups is 2. The summed E-state index contributed by atoms with van der Waals surface area (Å²) >= 11 is 0. The number of ether oxygens (including phenoxy) is 1. The zero-order valence-electron chi connectivity index (χ0n) is 20.5. The summed E-state index contributed by atoms with van der Waals surface area (Å²) < 4.78 is 5.39. The molecule has 184 valence electrons. The topological polar surface area (TPSA) is 86.3 Å². The van der Waals surface area contributed by atoms with Gasteiger partial charge in [0.25, 0.3) is 0 Å². The number of anilines is 2. The SMILES string of the molecule is COc1ccc2nc3c(cc2c1)CC1(C(=O)N(C)C(=O)N(C)C1=O)[C@@H]1CN(c2ccccc2)CCN31. The molecular formula is C27H27N5O4. The zero-order valence-corrected chi connectivity index (χ0v) is 20.5. The minimum absolute atomic E-state index is 0.173. The van der Waals surface area contributed by atoms with Gasteiger partial charge in [-0.2, -0.15) is 0 Å². The van der Waals surface area contributed by atoms with Gasteiger partial charge in [0.05, 0.1) is 18.7 Å². The molecule has 0 saturated carbocycles. The summed E-state index contributed by atoms with van der Waals surface area (Å²) in [6, 6.07) is 16.6. The molecule has 6 rings (SSSR count). The van der Waals surface area contributed by atoms with Gasteiger partial charge in [0.2, 0.25) is 11.8 Å². The van der Waals surface area contributed by atoms with Crippen molar-refractivity contribution in [3.05, 3.63) is 60.2 Å². The highest BCUT2D eigenvalue weighted by Crippen LogP contribution is 2.47. The van der Waals surface area contributed by atoms with E-state index in [1.165, 1.54) is 14.1 Å². The minimum Gasteiger partial charge on any atom is -0.497 e. The molecule has 4 heterocycles. The fourth-order valence-electron chi connectivity index (χ4n) is 5.97. The molecule has 0 N–H and O–H groups in total. The van der Waals surface area contributed by atoms with Gasteiger partial charge in [0, 0.05) is 51.2 Å². The van der Waals surface area contributed by atoms with E-state index in [1.54, 1.807) is 7.11 Å². The number of hydrogen-bond donors (Lipinski definition) is 0. The van der Waals surface area contributed by atoms with Crippen molar-refractivity contribution in [2.45, 2.75) is 12.5 Å². The van der Waals surface area contributed by atoms with E-state index in [9.17, 15) is 14.4 Å². The van der Waals surface area contributed by atoms with Gasteiger partial charge >= 0.3 is 6.03 Å². The van der Waals surface area contributed by atoms with Crippen molar-refractivity contribution in [3.63, 3.8) is 0 Å². The molecule has 0 bridgehead atoms. The summed E-state index contributed by atoms with van der Waals surface area (Å²) in [5, 5.41) is 0.873. The standard InChI is InChI=1S/C27H27N5O4/c1-29-24(33)27(25(34)30(2)26(29)35)15-18-13-17-14-20(36-3)9-10-21(17)28-23(18)32-12-11-31(16-22(27)32)19-7-5-4-6-8-19/h4-10,13-14,22H,11-12,15-16H2,1-3H3/t22-/m0/s1. The number of rotatable bonds is 2. The Labute approximate surface area is 208 Å². The van der Waals surface area contributed by atoms with Gasteiger partial charge in [-0.25, -0.2) is 9.78 Å². The van der Waals surface area contributed by atoms with Crippen molar-refractivity contribution in [1.82, 2.24) is 14.8 Å². The van der Waals surface area contributed by atoms with Crippen molar-refractivity contribution in [1.29, 1.82) is 0 Å². The summed E-state index contributed by atoms with van der Waals surface area (Å²) in [4.78, 5) is 52.0. The van der Waals surface area contributed by atoms with E-state index in [0.717, 1.165) is 37.8 Å². The maximum Gasteiger partial charge on any atom is 0.332 e. The highest BCUT2D eigenvalue weighted by Gasteiger charge is 2.64. The first kappa shape index (κ1) is 22.3. The minimum atomic E-state index is -1.44. The molecular weight excluding hydrogens is 458 g/mol. The van der Waals surface area contributed by atoms with Crippen LogP contribution in [0.5, 0.6) is 5.75 Å². The Morgan fingerprint density at radius 3 is 2.36 bits per heavy atom. The molecule has 1 atom stereocenters. The Bertz CT molecular complexity index is 1380. The highest BCUT2D eigenvalue weighted by molar-refractivity contribution is 6.20. The monoisotopic (exact) mass is 485 g/mol. The second kappa shape index (κ2) is 7.94. The Morgan fingerprint density at radius 1 is 0.944 bits per heavy atom. The number of piperazine rings is 1. The molecule has 3 aliphatic rings. The Kier molecular flexibility index (Phi) is 4.93. The second-order valence-electron chi connectivity index (χ2n) is 9.68. The molecule has 3 aliphatic heterocycles. The molecule has 9 heteroatoms. The normalized spacial score (nSPS) is 21.2. The first-order valence-corrected chi connectivity index (χ1v) is 12.0. The first-order chi connectivity index (χ1) is 17.3. The van der Waals surface area contributed by atoms with Crippen LogP contribution in [0.3, 0.4) is 0 Å². The van der Waals surface area contributed by atoms with Crippen LogP contribution in [0.15, 0.2) is 54.6 Å². The van der Waals surface area contributed by atoms with E-state index in [1.807, 2.05) is 54.6 Å². The molecule has 9 nitrogen and oxygen atoms in total. The lowest BCUT2D eigenvalue weighted by Crippen LogP contribution is -2.75. The van der Waals surface area contributed by atoms with Crippen molar-refractivity contribution < 1.29 is 19.1 Å². The van der Waals surface area contributed by atoms with E-state index >= 15 is 0 Å². The lowest BCUT2D eigenvalue weighted by Gasteiger charge is -2.55. The molecule has 1 aromatic heterocycles. The maximum absolute atomic E-state index is 13.9. The smallest absolute Gasteiger partial charge is 0.332 e. The molecule has 0 radical (unpaired) electrons. The second-order valence-corrected chi connectivity index (χ2v) is 9.68. The molecule has 1 spiro atoms. The Hall–Kier alpha value is -4.14. The first-order valence-electron chi connectivity index (χ1n) is 12.0. The van der Waals surface area contributed by atoms with Crippen LogP contribution >= 0.6 is 0 Å². The van der Waals surface area contributed by atoms with Gasteiger partial charge in [-0.3, -0.25) is 19.4 Å². The van der Waals surface area contributed by atoms with E-state index in [2.05, 4.69) is 9.80 Å². The molecule has 36 heavy (non-hydrogen) atoms. The van der Waals surface area contributed by atoms with Gasteiger partial charge in [0.1, 0.15) is 11.6 Å². The number of hydrogen-bond acceptors (Lipinski definition) is 7. The van der Waals surface area contributed by atoms with E-state index in [4.69, 9.17) is 9.72 Å². The van der Waals surface area contributed by atoms with Crippen molar-refractivity contribution in [3.8, 4) is 5.75 Å². The van der Waals surface area contributed by atoms with Crippen molar-refractivity contribution >= 4 is 40.3 Å². The van der Waals surface area contributed by atoms with Crippen LogP contribution in [0.1, 0.15) is 5.56 Å². The van der Waals surface area contributed by atoms with Gasteiger partial charge in [-0.05, 0) is 42.0 Å². The van der Waals surface area contributed by atoms with Crippen LogP contribution in [0.25, 0.3) is 10.9 Å². The number of carbonyl (C=O) groups excluding carboxylic acids is 3. The zero-order chi connectivity index (χ0) is 25.2. The number of barbiturate groups is 1. The number of para-hydroxylation sites is 1. The summed E-state index contributed by atoms with van der Waals surface area (Å²) in [6.07, 6.45) is 0.173. The third-order valence-corrected chi connectivity index (χ3v) is 7.84. The van der Waals surface area contributed by atoms with Crippen LogP contribution in [0.4, 0.5) is 16.3 Å². The molecule has 3 aromatic rings. The Balaban J connectivity index is 1.53. The summed E-state index contributed by atoms with van der Waals surface area (Å²) in [5.74, 6) is 0.576. The van der Waals surface area contributed by atoms with Crippen LogP contribution in [0, 0.1) is 5.41 Å². The fraction of sp³-hybridized carbons (Fsp3) is 0.333. The average Bonchev–Trinajstić information content (AvgIpc) is 2.92. The van der Waals surface area contributed by atoms with Crippen LogP contribution < -0.4 is 14.5 Å². The van der Waals surface area contributed by atoms with Crippen molar-refractivity contribution in [2.75, 3.05) is 50.6 Å². The number of nitrogens with zero attached hydrogens (tertiary/aromatic N) is 5. The molecule has 2 fully saturated rings. The fourth-order valence-corrected chi connectivity index (χ4v) is 5.97. The molecule has 0 aliphatic carbocycles. The van der Waals surface area contributed by atoms with E-state index < -0.39 is 29.3 Å². The number of fused-ring (bicyclic) bond motifs is 5. The third-order valence-electron chi connectivity index (χ3n) is 7.84. The number of aromatic nitrogens is 1. The predicted octanol–water partition coefficient (Wildman–Crippen LogP) is 2.53. The maximum atomic E-state index is 13.9. The number of pyridine rings is 1. The number of benzene rings is 2. The molecule has 0 unspecified atom stereocenters. The molecule has 2 saturated heterocycles. The number of methoxy groups -OCH3 is 1. The lowest BCUT2D eigenvalue weighted by molar-refractivity contribution is -0.159. The number of urea groups is 1. The van der Waals surface area contributed by atoms with Crippen LogP contribution in [-0.2, 0) is 16.0 Å². The summed E-state index contributed by atoms with van der Waals surface area (Å²) in [5.41, 5.74) is 1.23. The van der Waals surface area contributed by atoms with Gasteiger partial charge in [0.15, 0.2) is 5.41 Å². The summed E-state index contributed by atoms with van der Waals surface area (Å²) in [6.45, 7) is 1.76. The molecule has 2 aromatic carbocycles. The molecule has 4 amide bonds. The van der Waals surface area contributed by atoms with E-state index in [0.29, 0.717) is 25.4 Å². The average molecular weight is 486 g/mol. The largest absolute Gasteiger partial charge is 0.497 e. The van der Waals surface area contributed by atoms with Crippen molar-refractivity contribution in [2.24, 2.45) is 5.41 Å². The van der Waals surface area contributed by atoms with Gasteiger partial charge in [-0.15, -0.1) is 0 Å². The van der Waals surface area contributed by atoms with Gasteiger partial charge in [-0.1, -0.05) is 18.2 Å². The van der Waals surface area contributed by atoms with Crippen LogP contribution in [-0.4, -0.2) is 79.5 Å². The quantitative estimate of drug-likeness (QED) is 0.516. The number of amides is 4. The van der Waals surface area contributed by atoms with E-state index in [-0.39, 0.29) is 6.42 Å².